The molecular formula is C10H14FNOS. The predicted molar refractivity (Wildman–Crippen MR) is 57.7 cm³/mol. The number of nitrogens with zero attached hydrogens (tertiary/aromatic N) is 1. The van der Waals surface area contributed by atoms with Gasteiger partial charge in [0.25, 0.3) is 0 Å². The molecule has 0 aliphatic heterocycles. The maximum Gasteiger partial charge on any atom is 0.125 e. The van der Waals surface area contributed by atoms with Gasteiger partial charge >= 0.3 is 0 Å². The van der Waals surface area contributed by atoms with Crippen molar-refractivity contribution in [3.8, 4) is 0 Å². The van der Waals surface area contributed by atoms with E-state index in [0.717, 1.165) is 0 Å². The van der Waals surface area contributed by atoms with Crippen molar-refractivity contribution in [2.24, 2.45) is 4.36 Å². The molecule has 0 amide bonds. The maximum atomic E-state index is 12.8. The zero-order valence-electron chi connectivity index (χ0n) is 8.37. The second-order valence-electron chi connectivity index (χ2n) is 2.92. The molecule has 4 heteroatoms. The van der Waals surface area contributed by atoms with E-state index in [4.69, 9.17) is 0 Å². The number of hydrogen-bond acceptors (Lipinski definition) is 2. The Bertz CT molecular complexity index is 412. The predicted octanol–water partition coefficient (Wildman–Crippen LogP) is 2.97. The van der Waals surface area contributed by atoms with E-state index in [-0.39, 0.29) is 5.82 Å². The molecule has 1 aromatic carbocycles. The fourth-order valence-corrected chi connectivity index (χ4v) is 2.22. The summed E-state index contributed by atoms with van der Waals surface area (Å²) < 4.78 is 28.8. The van der Waals surface area contributed by atoms with Crippen LogP contribution in [0.25, 0.3) is 0 Å². The van der Waals surface area contributed by atoms with Gasteiger partial charge in [0.15, 0.2) is 0 Å². The van der Waals surface area contributed by atoms with Crippen molar-refractivity contribution in [3.05, 3.63) is 30.1 Å². The van der Waals surface area contributed by atoms with Gasteiger partial charge in [-0.2, -0.15) is 4.36 Å². The normalized spacial score (nSPS) is 11.4. The quantitative estimate of drug-likeness (QED) is 0.762. The number of benzene rings is 1. The van der Waals surface area contributed by atoms with Gasteiger partial charge in [-0.1, -0.05) is 19.9 Å². The summed E-state index contributed by atoms with van der Waals surface area (Å²) in [5.74, 6) is 0.653. The highest BCUT2D eigenvalue weighted by Gasteiger charge is 2.03. The fraction of sp³-hybridized carbons (Fsp3) is 0.400. The smallest absolute Gasteiger partial charge is 0.125 e. The summed E-state index contributed by atoms with van der Waals surface area (Å²) in [5, 5.41) is 0. The molecule has 0 aliphatic carbocycles. The summed E-state index contributed by atoms with van der Waals surface area (Å²) in [6.07, 6.45) is 0. The Morgan fingerprint density at radius 2 is 2.00 bits per heavy atom. The third-order valence-electron chi connectivity index (χ3n) is 1.98. The molecule has 0 unspecified atom stereocenters. The lowest BCUT2D eigenvalue weighted by Gasteiger charge is -2.03. The summed E-state index contributed by atoms with van der Waals surface area (Å²) >= 11 is 0. The minimum Gasteiger partial charge on any atom is -0.249 e. The fourth-order valence-electron chi connectivity index (χ4n) is 1.06. The molecule has 0 saturated heterocycles. The van der Waals surface area contributed by atoms with Crippen molar-refractivity contribution in [3.63, 3.8) is 0 Å². The summed E-state index contributed by atoms with van der Waals surface area (Å²) in [4.78, 5) is 0. The van der Waals surface area contributed by atoms with Crippen LogP contribution < -0.4 is 0 Å². The second-order valence-corrected chi connectivity index (χ2v) is 5.80. The Hall–Kier alpha value is -0.900. The Balaban J connectivity index is 3.14. The van der Waals surface area contributed by atoms with E-state index in [2.05, 4.69) is 4.36 Å². The van der Waals surface area contributed by atoms with Gasteiger partial charge in [0.2, 0.25) is 0 Å². The number of halogens is 1. The highest BCUT2D eigenvalue weighted by molar-refractivity contribution is 7.93. The first-order valence-electron chi connectivity index (χ1n) is 4.57. The van der Waals surface area contributed by atoms with Crippen molar-refractivity contribution < 1.29 is 8.60 Å². The number of hydrogen-bond donors (Lipinski definition) is 0. The first kappa shape index (κ1) is 11.2. The van der Waals surface area contributed by atoms with Crippen LogP contribution in [0.3, 0.4) is 0 Å². The zero-order chi connectivity index (χ0) is 10.6. The molecule has 0 saturated carbocycles. The minimum atomic E-state index is -2.18. The molecule has 14 heavy (non-hydrogen) atoms. The van der Waals surface area contributed by atoms with E-state index in [0.29, 0.717) is 17.2 Å². The molecule has 0 aromatic heterocycles. The number of rotatable bonds is 3. The summed E-state index contributed by atoms with van der Waals surface area (Å²) in [6.45, 7) is 3.66. The minimum absolute atomic E-state index is 0.347. The van der Waals surface area contributed by atoms with Crippen LogP contribution in [0.4, 0.5) is 10.1 Å². The summed E-state index contributed by atoms with van der Waals surface area (Å²) in [7, 11) is -2.18. The van der Waals surface area contributed by atoms with E-state index < -0.39 is 9.73 Å². The molecule has 1 rings (SSSR count). The van der Waals surface area contributed by atoms with E-state index in [1.165, 1.54) is 12.1 Å². The SMILES string of the molecule is CCS(=O)(CC)=Nc1cccc(F)c1. The highest BCUT2D eigenvalue weighted by Crippen LogP contribution is 2.16. The average Bonchev–Trinajstić information content (AvgIpc) is 2.18. The van der Waals surface area contributed by atoms with Crippen molar-refractivity contribution >= 4 is 15.4 Å². The van der Waals surface area contributed by atoms with Gasteiger partial charge in [0, 0.05) is 17.6 Å². The Morgan fingerprint density at radius 3 is 2.50 bits per heavy atom. The highest BCUT2D eigenvalue weighted by atomic mass is 32.2. The third-order valence-corrected chi connectivity index (χ3v) is 4.33. The van der Waals surface area contributed by atoms with Crippen molar-refractivity contribution in [2.75, 3.05) is 11.5 Å². The van der Waals surface area contributed by atoms with Crippen molar-refractivity contribution in [1.82, 2.24) is 0 Å². The molecule has 0 N–H and O–H groups in total. The Kier molecular flexibility index (Phi) is 3.63. The Morgan fingerprint density at radius 1 is 1.36 bits per heavy atom. The van der Waals surface area contributed by atoms with Crippen LogP contribution in [0.5, 0.6) is 0 Å². The zero-order valence-corrected chi connectivity index (χ0v) is 9.18. The van der Waals surface area contributed by atoms with Crippen molar-refractivity contribution in [2.45, 2.75) is 13.8 Å². The first-order valence-corrected chi connectivity index (χ1v) is 6.43. The monoisotopic (exact) mass is 215 g/mol. The van der Waals surface area contributed by atoms with Gasteiger partial charge in [0.1, 0.15) is 5.82 Å². The molecule has 0 aliphatic rings. The van der Waals surface area contributed by atoms with Crippen LogP contribution in [0.2, 0.25) is 0 Å². The van der Waals surface area contributed by atoms with Crippen molar-refractivity contribution in [1.29, 1.82) is 0 Å². The molecule has 0 heterocycles. The van der Waals surface area contributed by atoms with Gasteiger partial charge in [-0.05, 0) is 12.1 Å². The molecule has 0 spiro atoms. The average molecular weight is 215 g/mol. The van der Waals surface area contributed by atoms with Gasteiger partial charge in [0.05, 0.1) is 15.4 Å². The molecule has 0 bridgehead atoms. The molecule has 78 valence electrons. The molecule has 0 radical (unpaired) electrons. The lowest BCUT2D eigenvalue weighted by molar-refractivity contribution is 0.628. The first-order chi connectivity index (χ1) is 6.59. The molecule has 2 nitrogen and oxygen atoms in total. The van der Waals surface area contributed by atoms with E-state index in [9.17, 15) is 8.60 Å². The molecule has 1 aromatic rings. The van der Waals surface area contributed by atoms with Crippen LogP contribution in [-0.4, -0.2) is 15.7 Å². The van der Waals surface area contributed by atoms with Crippen LogP contribution in [0.1, 0.15) is 13.8 Å². The third kappa shape index (κ3) is 2.80. The van der Waals surface area contributed by atoms with E-state index in [1.807, 2.05) is 13.8 Å². The van der Waals surface area contributed by atoms with Gasteiger partial charge in [-0.25, -0.2) is 8.60 Å². The molecular weight excluding hydrogens is 201 g/mol. The van der Waals surface area contributed by atoms with Crippen LogP contribution in [0, 0.1) is 5.82 Å². The maximum absolute atomic E-state index is 12.8. The van der Waals surface area contributed by atoms with Gasteiger partial charge in [-0.3, -0.25) is 0 Å². The molecule has 0 fully saturated rings. The molecule has 0 atom stereocenters. The van der Waals surface area contributed by atoms with Crippen LogP contribution in [0.15, 0.2) is 28.6 Å². The lowest BCUT2D eigenvalue weighted by Crippen LogP contribution is -2.04. The summed E-state index contributed by atoms with van der Waals surface area (Å²) in [5.41, 5.74) is 0.457. The van der Waals surface area contributed by atoms with Crippen LogP contribution in [-0.2, 0) is 9.73 Å². The second kappa shape index (κ2) is 4.55. The topological polar surface area (TPSA) is 29.4 Å². The van der Waals surface area contributed by atoms with Crippen LogP contribution >= 0.6 is 0 Å². The Labute approximate surface area is 84.3 Å². The standard InChI is InChI=1S/C10H14FNOS/c1-3-14(13,4-2)12-10-7-5-6-9(11)8-10/h5-8H,3-4H2,1-2H3. The van der Waals surface area contributed by atoms with Gasteiger partial charge in [-0.15, -0.1) is 0 Å². The summed E-state index contributed by atoms with van der Waals surface area (Å²) in [6, 6.07) is 5.87. The largest absolute Gasteiger partial charge is 0.249 e. The van der Waals surface area contributed by atoms with E-state index in [1.54, 1.807) is 12.1 Å². The lowest BCUT2D eigenvalue weighted by atomic mass is 10.3. The van der Waals surface area contributed by atoms with Gasteiger partial charge < -0.3 is 0 Å². The van der Waals surface area contributed by atoms with E-state index >= 15 is 0 Å².